The Hall–Kier alpha value is -2.01. The smallest absolute Gasteiger partial charge is 0.309 e. The average Bonchev–Trinajstić information content (AvgIpc) is 2.70. The van der Waals surface area contributed by atoms with Crippen molar-refractivity contribution in [2.24, 2.45) is 16.8 Å². The SMILES string of the molecule is C=C(Cl)C(=Nc1cc(OC)ccc1C)OC(CC)CC(C(=O)OC)C(C)CC. The van der Waals surface area contributed by atoms with E-state index in [1.165, 1.54) is 7.11 Å². The second-order valence-electron chi connectivity index (χ2n) is 6.87. The maximum Gasteiger partial charge on any atom is 0.309 e. The van der Waals surface area contributed by atoms with Crippen LogP contribution in [0.1, 0.15) is 45.6 Å². The minimum absolute atomic E-state index is 0.185. The molecule has 28 heavy (non-hydrogen) atoms. The van der Waals surface area contributed by atoms with E-state index < -0.39 is 0 Å². The Morgan fingerprint density at radius 2 is 1.93 bits per heavy atom. The molecule has 0 saturated carbocycles. The highest BCUT2D eigenvalue weighted by Gasteiger charge is 2.29. The Morgan fingerprint density at radius 1 is 1.25 bits per heavy atom. The fourth-order valence-electron chi connectivity index (χ4n) is 2.83. The van der Waals surface area contributed by atoms with Crippen molar-refractivity contribution in [1.29, 1.82) is 0 Å². The first-order valence-electron chi connectivity index (χ1n) is 9.59. The van der Waals surface area contributed by atoms with Gasteiger partial charge in [-0.15, -0.1) is 0 Å². The quantitative estimate of drug-likeness (QED) is 0.278. The van der Waals surface area contributed by atoms with E-state index in [1.54, 1.807) is 7.11 Å². The van der Waals surface area contributed by atoms with Crippen LogP contribution in [0.5, 0.6) is 5.75 Å². The molecule has 3 unspecified atom stereocenters. The summed E-state index contributed by atoms with van der Waals surface area (Å²) in [6.45, 7) is 11.8. The Kier molecular flexibility index (Phi) is 10.1. The van der Waals surface area contributed by atoms with Crippen LogP contribution in [0.2, 0.25) is 0 Å². The molecule has 5 nitrogen and oxygen atoms in total. The van der Waals surface area contributed by atoms with Crippen LogP contribution >= 0.6 is 11.6 Å². The predicted molar refractivity (Wildman–Crippen MR) is 115 cm³/mol. The van der Waals surface area contributed by atoms with E-state index in [0.717, 1.165) is 12.0 Å². The lowest BCUT2D eigenvalue weighted by atomic mass is 9.86. The summed E-state index contributed by atoms with van der Waals surface area (Å²) in [5, 5.41) is 0.207. The minimum atomic E-state index is -0.247. The molecule has 0 aliphatic carbocycles. The maximum absolute atomic E-state index is 12.2. The Labute approximate surface area is 173 Å². The first-order chi connectivity index (χ1) is 13.3. The molecule has 3 atom stereocenters. The summed E-state index contributed by atoms with van der Waals surface area (Å²) in [5.74, 6) is 0.660. The molecule has 0 heterocycles. The van der Waals surface area contributed by atoms with Gasteiger partial charge in [-0.2, -0.15) is 0 Å². The summed E-state index contributed by atoms with van der Waals surface area (Å²) in [5.41, 5.74) is 1.65. The molecule has 0 bridgehead atoms. The van der Waals surface area contributed by atoms with Gasteiger partial charge in [0, 0.05) is 6.07 Å². The number of aliphatic imine (C=N–C) groups is 1. The van der Waals surface area contributed by atoms with Gasteiger partial charge in [-0.1, -0.05) is 51.4 Å². The summed E-state index contributed by atoms with van der Waals surface area (Å²) in [7, 11) is 3.02. The lowest BCUT2D eigenvalue weighted by Crippen LogP contribution is -2.30. The number of aryl methyl sites for hydroxylation is 1. The standard InChI is InChI=1S/C22H32ClNO4/c1-8-14(3)19(22(25)27-7)12-17(9-2)28-21(16(5)23)24-20-13-18(26-6)11-10-15(20)4/h10-11,13-14,17,19H,5,8-9,12H2,1-4,6-7H3. The van der Waals surface area contributed by atoms with Crippen molar-refractivity contribution >= 4 is 29.2 Å². The highest BCUT2D eigenvalue weighted by atomic mass is 35.5. The molecule has 0 aliphatic rings. The van der Waals surface area contributed by atoms with E-state index in [2.05, 4.69) is 18.5 Å². The molecule has 0 N–H and O–H groups in total. The van der Waals surface area contributed by atoms with Crippen molar-refractivity contribution in [1.82, 2.24) is 0 Å². The van der Waals surface area contributed by atoms with Gasteiger partial charge < -0.3 is 14.2 Å². The van der Waals surface area contributed by atoms with Crippen LogP contribution in [0, 0.1) is 18.8 Å². The molecule has 6 heteroatoms. The molecule has 0 fully saturated rings. The molecule has 1 rings (SSSR count). The molecule has 1 aromatic rings. The molecular weight excluding hydrogens is 378 g/mol. The average molecular weight is 410 g/mol. The van der Waals surface area contributed by atoms with Crippen LogP contribution in [-0.2, 0) is 14.3 Å². The third-order valence-corrected chi connectivity index (χ3v) is 5.12. The first kappa shape index (κ1) is 24.0. The number of carbonyl (C=O) groups excluding carboxylic acids is 1. The third-order valence-electron chi connectivity index (χ3n) is 4.96. The molecule has 0 spiro atoms. The van der Waals surface area contributed by atoms with Gasteiger partial charge in [-0.3, -0.25) is 4.79 Å². The molecule has 0 aromatic heterocycles. The summed E-state index contributed by atoms with van der Waals surface area (Å²) >= 11 is 6.16. The van der Waals surface area contributed by atoms with E-state index in [4.69, 9.17) is 25.8 Å². The van der Waals surface area contributed by atoms with Crippen LogP contribution in [0.25, 0.3) is 0 Å². The van der Waals surface area contributed by atoms with Gasteiger partial charge in [-0.25, -0.2) is 4.99 Å². The molecular formula is C22H32ClNO4. The minimum Gasteiger partial charge on any atom is -0.497 e. The first-order valence-corrected chi connectivity index (χ1v) is 9.97. The van der Waals surface area contributed by atoms with Crippen molar-refractivity contribution in [3.63, 3.8) is 0 Å². The fourth-order valence-corrected chi connectivity index (χ4v) is 2.92. The zero-order valence-corrected chi connectivity index (χ0v) is 18.5. The lowest BCUT2D eigenvalue weighted by Gasteiger charge is -2.26. The van der Waals surface area contributed by atoms with Gasteiger partial charge in [0.25, 0.3) is 0 Å². The largest absolute Gasteiger partial charge is 0.497 e. The number of esters is 1. The molecule has 0 amide bonds. The van der Waals surface area contributed by atoms with Crippen molar-refractivity contribution < 1.29 is 19.0 Å². The monoisotopic (exact) mass is 409 g/mol. The molecule has 0 aliphatic heterocycles. The number of hydrogen-bond acceptors (Lipinski definition) is 5. The number of methoxy groups -OCH3 is 2. The summed E-state index contributed by atoms with van der Waals surface area (Å²) in [6, 6.07) is 5.60. The Bertz CT molecular complexity index is 702. The number of nitrogens with zero attached hydrogens (tertiary/aromatic N) is 1. The third kappa shape index (κ3) is 6.86. The number of halogens is 1. The van der Waals surface area contributed by atoms with E-state index in [9.17, 15) is 4.79 Å². The van der Waals surface area contributed by atoms with E-state index in [-0.39, 0.29) is 34.8 Å². The van der Waals surface area contributed by atoms with Gasteiger partial charge in [0.2, 0.25) is 5.90 Å². The van der Waals surface area contributed by atoms with Crippen molar-refractivity contribution in [2.75, 3.05) is 14.2 Å². The van der Waals surface area contributed by atoms with Gasteiger partial charge in [0.05, 0.1) is 30.9 Å². The van der Waals surface area contributed by atoms with Gasteiger partial charge in [0.1, 0.15) is 11.9 Å². The van der Waals surface area contributed by atoms with Crippen LogP contribution in [0.4, 0.5) is 5.69 Å². The molecule has 1 aromatic carbocycles. The van der Waals surface area contributed by atoms with Crippen molar-refractivity contribution in [2.45, 2.75) is 53.1 Å². The molecule has 0 radical (unpaired) electrons. The van der Waals surface area contributed by atoms with Gasteiger partial charge in [-0.05, 0) is 37.3 Å². The van der Waals surface area contributed by atoms with Gasteiger partial charge in [0.15, 0.2) is 0 Å². The highest BCUT2D eigenvalue weighted by molar-refractivity contribution is 6.42. The van der Waals surface area contributed by atoms with Gasteiger partial charge >= 0.3 is 5.97 Å². The Balaban J connectivity index is 3.11. The van der Waals surface area contributed by atoms with E-state index in [0.29, 0.717) is 24.3 Å². The maximum atomic E-state index is 12.2. The van der Waals surface area contributed by atoms with E-state index in [1.807, 2.05) is 39.0 Å². The number of carbonyl (C=O) groups is 1. The van der Waals surface area contributed by atoms with Crippen LogP contribution in [0.3, 0.4) is 0 Å². The number of hydrogen-bond donors (Lipinski definition) is 0. The van der Waals surface area contributed by atoms with Crippen LogP contribution in [0.15, 0.2) is 34.8 Å². The predicted octanol–water partition coefficient (Wildman–Crippen LogP) is 5.81. The van der Waals surface area contributed by atoms with Crippen LogP contribution < -0.4 is 4.74 Å². The van der Waals surface area contributed by atoms with E-state index >= 15 is 0 Å². The topological polar surface area (TPSA) is 57.1 Å². The second kappa shape index (κ2) is 11.7. The number of benzene rings is 1. The summed E-state index contributed by atoms with van der Waals surface area (Å²) in [6.07, 6.45) is 1.86. The lowest BCUT2D eigenvalue weighted by molar-refractivity contribution is -0.148. The zero-order chi connectivity index (χ0) is 21.3. The second-order valence-corrected chi connectivity index (χ2v) is 7.33. The highest BCUT2D eigenvalue weighted by Crippen LogP contribution is 2.28. The number of ether oxygens (including phenoxy) is 3. The normalized spacial score (nSPS) is 14.8. The van der Waals surface area contributed by atoms with Crippen LogP contribution in [-0.4, -0.2) is 32.2 Å². The zero-order valence-electron chi connectivity index (χ0n) is 17.8. The molecule has 0 saturated heterocycles. The van der Waals surface area contributed by atoms with Crippen molar-refractivity contribution in [3.8, 4) is 5.75 Å². The fraction of sp³-hybridized carbons (Fsp3) is 0.545. The number of rotatable bonds is 10. The Morgan fingerprint density at radius 3 is 2.43 bits per heavy atom. The van der Waals surface area contributed by atoms with Crippen molar-refractivity contribution in [3.05, 3.63) is 35.4 Å². The summed E-state index contributed by atoms with van der Waals surface area (Å²) in [4.78, 5) is 16.8. The molecule has 156 valence electrons. The summed E-state index contributed by atoms with van der Waals surface area (Å²) < 4.78 is 16.3.